The summed E-state index contributed by atoms with van der Waals surface area (Å²) < 4.78 is 0. The first-order valence-electron chi connectivity index (χ1n) is 8.17. The smallest absolute Gasteiger partial charge is 0.255 e. The monoisotopic (exact) mass is 520 g/mol. The highest BCUT2D eigenvalue weighted by Gasteiger charge is 2.14. The summed E-state index contributed by atoms with van der Waals surface area (Å²) in [7, 11) is 0. The number of hydrogen-bond acceptors (Lipinski definition) is 2. The predicted molar refractivity (Wildman–Crippen MR) is 125 cm³/mol. The lowest BCUT2D eigenvalue weighted by Gasteiger charge is -2.10. The molecule has 3 aromatic rings. The van der Waals surface area contributed by atoms with Gasteiger partial charge in [-0.3, -0.25) is 9.59 Å². The van der Waals surface area contributed by atoms with Gasteiger partial charge in [0.15, 0.2) is 0 Å². The first kappa shape index (κ1) is 23.0. The molecule has 154 valence electrons. The maximum absolute atomic E-state index is 12.5. The van der Waals surface area contributed by atoms with Gasteiger partial charge in [-0.25, -0.2) is 0 Å². The van der Waals surface area contributed by atoms with E-state index in [9.17, 15) is 9.59 Å². The minimum absolute atomic E-state index is 0.243. The minimum atomic E-state index is -0.435. The van der Waals surface area contributed by atoms with Crippen LogP contribution in [0.3, 0.4) is 0 Å². The van der Waals surface area contributed by atoms with Crippen LogP contribution in [0.15, 0.2) is 48.5 Å². The Morgan fingerprint density at radius 2 is 0.800 bits per heavy atom. The molecule has 0 radical (unpaired) electrons. The van der Waals surface area contributed by atoms with Gasteiger partial charge in [0, 0.05) is 11.1 Å². The summed E-state index contributed by atoms with van der Waals surface area (Å²) >= 11 is 35.8. The molecule has 10 heteroatoms. The number of nitrogens with one attached hydrogen (secondary N) is 2. The fourth-order valence-corrected chi connectivity index (χ4v) is 3.59. The third-order valence-electron chi connectivity index (χ3n) is 3.93. The topological polar surface area (TPSA) is 58.2 Å². The highest BCUT2D eigenvalue weighted by molar-refractivity contribution is 6.45. The van der Waals surface area contributed by atoms with Gasteiger partial charge in [0.2, 0.25) is 0 Å². The van der Waals surface area contributed by atoms with E-state index in [0.29, 0.717) is 22.5 Å². The standard InChI is InChI=1S/C20H10Cl6N2O2/c21-11-5-15(25)17(7-13(11)23)27-19(29)9-1-2-10(4-3-9)20(30)28-18-8-14(24)12(22)6-16(18)26/h1-8H,(H,27,29)(H,28,30). The van der Waals surface area contributed by atoms with Crippen molar-refractivity contribution < 1.29 is 9.59 Å². The average Bonchev–Trinajstić information content (AvgIpc) is 2.70. The number of carbonyl (C=O) groups excluding carboxylic acids is 2. The van der Waals surface area contributed by atoms with Crippen LogP contribution in [0.4, 0.5) is 11.4 Å². The molecular formula is C20H10Cl6N2O2. The Kier molecular flexibility index (Phi) is 7.40. The second-order valence-electron chi connectivity index (χ2n) is 5.98. The number of anilines is 2. The van der Waals surface area contributed by atoms with Crippen molar-refractivity contribution >= 4 is 92.8 Å². The van der Waals surface area contributed by atoms with E-state index < -0.39 is 11.8 Å². The number of carbonyl (C=O) groups is 2. The molecule has 0 unspecified atom stereocenters. The first-order valence-corrected chi connectivity index (χ1v) is 10.4. The van der Waals surface area contributed by atoms with E-state index in [-0.39, 0.29) is 30.1 Å². The molecule has 0 spiro atoms. The predicted octanol–water partition coefficient (Wildman–Crippen LogP) is 8.11. The van der Waals surface area contributed by atoms with Crippen molar-refractivity contribution in [1.82, 2.24) is 0 Å². The lowest BCUT2D eigenvalue weighted by Crippen LogP contribution is -2.14. The Bertz CT molecular complexity index is 1060. The van der Waals surface area contributed by atoms with E-state index in [0.717, 1.165) is 0 Å². The summed E-state index contributed by atoms with van der Waals surface area (Å²) in [6.45, 7) is 0. The normalized spacial score (nSPS) is 10.6. The molecule has 2 amide bonds. The third-order valence-corrected chi connectivity index (χ3v) is 6.00. The zero-order chi connectivity index (χ0) is 22.0. The zero-order valence-electron chi connectivity index (χ0n) is 14.7. The van der Waals surface area contributed by atoms with E-state index in [1.165, 1.54) is 48.5 Å². The average molecular weight is 523 g/mol. The summed E-state index contributed by atoms with van der Waals surface area (Å²) in [4.78, 5) is 24.9. The highest BCUT2D eigenvalue weighted by Crippen LogP contribution is 2.33. The number of hydrogen-bond donors (Lipinski definition) is 2. The molecule has 0 heterocycles. The van der Waals surface area contributed by atoms with Gasteiger partial charge >= 0.3 is 0 Å². The van der Waals surface area contributed by atoms with Crippen LogP contribution in [0, 0.1) is 0 Å². The van der Waals surface area contributed by atoms with E-state index in [2.05, 4.69) is 10.6 Å². The molecule has 2 N–H and O–H groups in total. The van der Waals surface area contributed by atoms with Crippen LogP contribution in [0.1, 0.15) is 20.7 Å². The van der Waals surface area contributed by atoms with Crippen LogP contribution < -0.4 is 10.6 Å². The van der Waals surface area contributed by atoms with Crippen LogP contribution in [-0.2, 0) is 0 Å². The largest absolute Gasteiger partial charge is 0.321 e. The molecule has 0 saturated heterocycles. The van der Waals surface area contributed by atoms with Gasteiger partial charge in [0.05, 0.1) is 41.5 Å². The van der Waals surface area contributed by atoms with Crippen LogP contribution in [0.25, 0.3) is 0 Å². The third kappa shape index (κ3) is 5.33. The fraction of sp³-hybridized carbons (Fsp3) is 0. The van der Waals surface area contributed by atoms with Crippen LogP contribution >= 0.6 is 69.6 Å². The number of amides is 2. The molecule has 0 aliphatic rings. The lowest BCUT2D eigenvalue weighted by molar-refractivity contribution is 0.101. The number of halogens is 6. The van der Waals surface area contributed by atoms with Gasteiger partial charge in [-0.2, -0.15) is 0 Å². The van der Waals surface area contributed by atoms with Crippen molar-refractivity contribution in [2.24, 2.45) is 0 Å². The van der Waals surface area contributed by atoms with Gasteiger partial charge < -0.3 is 10.6 Å². The van der Waals surface area contributed by atoms with Crippen LogP contribution in [-0.4, -0.2) is 11.8 Å². The SMILES string of the molecule is O=C(Nc1cc(Cl)c(Cl)cc1Cl)c1ccc(C(=O)Nc2cc(Cl)c(Cl)cc2Cl)cc1. The van der Waals surface area contributed by atoms with Crippen molar-refractivity contribution in [2.75, 3.05) is 10.6 Å². The summed E-state index contributed by atoms with van der Waals surface area (Å²) in [5, 5.41) is 6.83. The molecule has 0 aliphatic heterocycles. The van der Waals surface area contributed by atoms with Crippen molar-refractivity contribution in [2.45, 2.75) is 0 Å². The fourth-order valence-electron chi connectivity index (χ4n) is 2.40. The second kappa shape index (κ2) is 9.65. The molecule has 0 bridgehead atoms. The van der Waals surface area contributed by atoms with Gasteiger partial charge in [0.25, 0.3) is 11.8 Å². The summed E-state index contributed by atoms with van der Waals surface area (Å²) in [5.41, 5.74) is 1.24. The van der Waals surface area contributed by atoms with Crippen LogP contribution in [0.5, 0.6) is 0 Å². The second-order valence-corrected chi connectivity index (χ2v) is 8.42. The Morgan fingerprint density at radius 1 is 0.500 bits per heavy atom. The molecular weight excluding hydrogens is 513 g/mol. The van der Waals surface area contributed by atoms with Gasteiger partial charge in [-0.1, -0.05) is 69.6 Å². The molecule has 0 saturated carbocycles. The maximum atomic E-state index is 12.5. The van der Waals surface area contributed by atoms with E-state index in [1.807, 2.05) is 0 Å². The van der Waals surface area contributed by atoms with Crippen molar-refractivity contribution in [3.8, 4) is 0 Å². The maximum Gasteiger partial charge on any atom is 0.255 e. The summed E-state index contributed by atoms with van der Waals surface area (Å²) in [6.07, 6.45) is 0. The molecule has 0 atom stereocenters. The Labute approximate surface area is 202 Å². The molecule has 3 aromatic carbocycles. The van der Waals surface area contributed by atoms with Crippen molar-refractivity contribution in [1.29, 1.82) is 0 Å². The summed E-state index contributed by atoms with van der Waals surface area (Å²) in [5.74, 6) is -0.871. The van der Waals surface area contributed by atoms with Gasteiger partial charge in [-0.05, 0) is 48.5 Å². The van der Waals surface area contributed by atoms with E-state index >= 15 is 0 Å². The Morgan fingerprint density at radius 3 is 1.13 bits per heavy atom. The first-order chi connectivity index (χ1) is 14.2. The Balaban J connectivity index is 1.73. The lowest BCUT2D eigenvalue weighted by atomic mass is 10.1. The van der Waals surface area contributed by atoms with Crippen molar-refractivity contribution in [3.63, 3.8) is 0 Å². The Hall–Kier alpha value is -1.66. The molecule has 30 heavy (non-hydrogen) atoms. The molecule has 0 aliphatic carbocycles. The quantitative estimate of drug-likeness (QED) is 0.340. The van der Waals surface area contributed by atoms with Crippen LogP contribution in [0.2, 0.25) is 30.1 Å². The molecule has 4 nitrogen and oxygen atoms in total. The zero-order valence-corrected chi connectivity index (χ0v) is 19.2. The molecule has 0 aromatic heterocycles. The number of rotatable bonds is 4. The summed E-state index contributed by atoms with van der Waals surface area (Å²) in [6, 6.07) is 11.7. The molecule has 0 fully saturated rings. The molecule has 3 rings (SSSR count). The van der Waals surface area contributed by atoms with E-state index in [4.69, 9.17) is 69.6 Å². The number of benzene rings is 3. The van der Waals surface area contributed by atoms with Crippen molar-refractivity contribution in [3.05, 3.63) is 89.8 Å². The minimum Gasteiger partial charge on any atom is -0.321 e. The highest BCUT2D eigenvalue weighted by atomic mass is 35.5. The van der Waals surface area contributed by atoms with E-state index in [1.54, 1.807) is 0 Å². The van der Waals surface area contributed by atoms with Gasteiger partial charge in [0.1, 0.15) is 0 Å². The van der Waals surface area contributed by atoms with Gasteiger partial charge in [-0.15, -0.1) is 0 Å².